The predicted molar refractivity (Wildman–Crippen MR) is 72.7 cm³/mol. The normalized spacial score (nSPS) is 11.0. The van der Waals surface area contributed by atoms with Crippen LogP contribution in [0.25, 0.3) is 11.5 Å². The molecule has 0 amide bonds. The first kappa shape index (κ1) is 13.5. The van der Waals surface area contributed by atoms with Crippen LogP contribution in [0.15, 0.2) is 35.1 Å². The SMILES string of the molecule is Cc1cn(Cc2nc(-c3cc(F)cc(F)c3)oc2C)cn1. The van der Waals surface area contributed by atoms with Crippen LogP contribution >= 0.6 is 0 Å². The summed E-state index contributed by atoms with van der Waals surface area (Å²) in [4.78, 5) is 8.45. The molecule has 0 saturated heterocycles. The molecule has 0 aliphatic rings. The molecule has 1 aromatic carbocycles. The molecule has 0 unspecified atom stereocenters. The first-order valence-corrected chi connectivity index (χ1v) is 6.42. The second-order valence-electron chi connectivity index (χ2n) is 4.87. The summed E-state index contributed by atoms with van der Waals surface area (Å²) in [5, 5.41) is 0. The maximum absolute atomic E-state index is 13.2. The van der Waals surface area contributed by atoms with Crippen LogP contribution in [0.3, 0.4) is 0 Å². The number of benzene rings is 1. The van der Waals surface area contributed by atoms with E-state index in [-0.39, 0.29) is 11.5 Å². The summed E-state index contributed by atoms with van der Waals surface area (Å²) in [6.45, 7) is 4.16. The van der Waals surface area contributed by atoms with Crippen LogP contribution in [0.4, 0.5) is 8.78 Å². The molecule has 108 valence electrons. The van der Waals surface area contributed by atoms with E-state index in [1.165, 1.54) is 12.1 Å². The van der Waals surface area contributed by atoms with Crippen LogP contribution in [0.1, 0.15) is 17.1 Å². The van der Waals surface area contributed by atoms with Gasteiger partial charge in [0, 0.05) is 17.8 Å². The number of hydrogen-bond donors (Lipinski definition) is 0. The highest BCUT2D eigenvalue weighted by molar-refractivity contribution is 5.53. The van der Waals surface area contributed by atoms with Gasteiger partial charge >= 0.3 is 0 Å². The molecule has 0 fully saturated rings. The molecule has 3 aromatic rings. The average molecular weight is 289 g/mol. The van der Waals surface area contributed by atoms with Gasteiger partial charge in [0.25, 0.3) is 0 Å². The van der Waals surface area contributed by atoms with Crippen molar-refractivity contribution in [3.63, 3.8) is 0 Å². The molecule has 2 heterocycles. The minimum Gasteiger partial charge on any atom is -0.441 e. The van der Waals surface area contributed by atoms with Crippen molar-refractivity contribution in [3.8, 4) is 11.5 Å². The molecular formula is C15H13F2N3O. The van der Waals surface area contributed by atoms with Crippen molar-refractivity contribution >= 4 is 0 Å². The Hall–Kier alpha value is -2.50. The summed E-state index contributed by atoms with van der Waals surface area (Å²) in [7, 11) is 0. The molecule has 2 aromatic heterocycles. The van der Waals surface area contributed by atoms with Gasteiger partial charge in [-0.2, -0.15) is 0 Å². The topological polar surface area (TPSA) is 43.9 Å². The fourth-order valence-corrected chi connectivity index (χ4v) is 2.11. The number of halogens is 2. The number of imidazole rings is 1. The van der Waals surface area contributed by atoms with Crippen molar-refractivity contribution in [3.05, 3.63) is 59.5 Å². The number of nitrogens with zero attached hydrogens (tertiary/aromatic N) is 3. The Balaban J connectivity index is 1.93. The Morgan fingerprint density at radius 1 is 1.14 bits per heavy atom. The van der Waals surface area contributed by atoms with Gasteiger partial charge in [0.1, 0.15) is 23.1 Å². The largest absolute Gasteiger partial charge is 0.441 e. The lowest BCUT2D eigenvalue weighted by Gasteiger charge is -1.98. The molecule has 6 heteroatoms. The maximum atomic E-state index is 13.2. The number of aromatic nitrogens is 3. The van der Waals surface area contributed by atoms with Crippen LogP contribution in [0.2, 0.25) is 0 Å². The van der Waals surface area contributed by atoms with Gasteiger partial charge in [-0.15, -0.1) is 0 Å². The summed E-state index contributed by atoms with van der Waals surface area (Å²) < 4.78 is 33.9. The van der Waals surface area contributed by atoms with Gasteiger partial charge in [-0.05, 0) is 26.0 Å². The Labute approximate surface area is 120 Å². The van der Waals surface area contributed by atoms with Crippen LogP contribution in [-0.2, 0) is 6.54 Å². The average Bonchev–Trinajstić information content (AvgIpc) is 2.96. The zero-order chi connectivity index (χ0) is 15.0. The van der Waals surface area contributed by atoms with Gasteiger partial charge in [-0.3, -0.25) is 0 Å². The summed E-state index contributed by atoms with van der Waals surface area (Å²) in [5.41, 5.74) is 1.89. The van der Waals surface area contributed by atoms with Gasteiger partial charge < -0.3 is 8.98 Å². The van der Waals surface area contributed by atoms with E-state index in [1.54, 1.807) is 13.3 Å². The minimum atomic E-state index is -0.660. The third-order valence-corrected chi connectivity index (χ3v) is 3.10. The van der Waals surface area contributed by atoms with Crippen molar-refractivity contribution in [1.29, 1.82) is 0 Å². The molecule has 3 rings (SSSR count). The Bertz CT molecular complexity index is 772. The summed E-state index contributed by atoms with van der Waals surface area (Å²) in [5.74, 6) is -0.501. The maximum Gasteiger partial charge on any atom is 0.226 e. The lowest BCUT2D eigenvalue weighted by Crippen LogP contribution is -1.98. The van der Waals surface area contributed by atoms with E-state index in [0.29, 0.717) is 18.0 Å². The zero-order valence-corrected chi connectivity index (χ0v) is 11.6. The van der Waals surface area contributed by atoms with Crippen LogP contribution in [0, 0.1) is 25.5 Å². The highest BCUT2D eigenvalue weighted by Crippen LogP contribution is 2.24. The van der Waals surface area contributed by atoms with Crippen LogP contribution < -0.4 is 0 Å². The van der Waals surface area contributed by atoms with Crippen molar-refractivity contribution in [1.82, 2.24) is 14.5 Å². The molecule has 4 nitrogen and oxygen atoms in total. The van der Waals surface area contributed by atoms with E-state index >= 15 is 0 Å². The first-order valence-electron chi connectivity index (χ1n) is 6.42. The number of oxazole rings is 1. The summed E-state index contributed by atoms with van der Waals surface area (Å²) in [6.07, 6.45) is 3.58. The van der Waals surface area contributed by atoms with E-state index in [1.807, 2.05) is 17.7 Å². The highest BCUT2D eigenvalue weighted by atomic mass is 19.1. The second kappa shape index (κ2) is 5.12. The van der Waals surface area contributed by atoms with Crippen molar-refractivity contribution in [2.45, 2.75) is 20.4 Å². The van der Waals surface area contributed by atoms with E-state index in [2.05, 4.69) is 9.97 Å². The molecule has 21 heavy (non-hydrogen) atoms. The van der Waals surface area contributed by atoms with E-state index in [0.717, 1.165) is 11.8 Å². The molecule has 0 radical (unpaired) electrons. The minimum absolute atomic E-state index is 0.206. The number of hydrogen-bond acceptors (Lipinski definition) is 3. The second-order valence-corrected chi connectivity index (χ2v) is 4.87. The van der Waals surface area contributed by atoms with E-state index < -0.39 is 11.6 Å². The molecule has 0 spiro atoms. The van der Waals surface area contributed by atoms with Crippen LogP contribution in [0.5, 0.6) is 0 Å². The van der Waals surface area contributed by atoms with Gasteiger partial charge in [0.05, 0.1) is 18.6 Å². The monoisotopic (exact) mass is 289 g/mol. The molecular weight excluding hydrogens is 276 g/mol. The standard InChI is InChI=1S/C15H13F2N3O/c1-9-6-20(8-18-9)7-14-10(2)21-15(19-14)11-3-12(16)5-13(17)4-11/h3-6,8H,7H2,1-2H3. The molecule has 0 aliphatic heterocycles. The number of rotatable bonds is 3. The van der Waals surface area contributed by atoms with Gasteiger partial charge in [0.15, 0.2) is 0 Å². The fourth-order valence-electron chi connectivity index (χ4n) is 2.11. The molecule has 0 atom stereocenters. The smallest absolute Gasteiger partial charge is 0.226 e. The molecule has 0 saturated carbocycles. The van der Waals surface area contributed by atoms with Gasteiger partial charge in [0.2, 0.25) is 5.89 Å². The third-order valence-electron chi connectivity index (χ3n) is 3.10. The van der Waals surface area contributed by atoms with Crippen molar-refractivity contribution < 1.29 is 13.2 Å². The highest BCUT2D eigenvalue weighted by Gasteiger charge is 2.13. The quantitative estimate of drug-likeness (QED) is 0.741. The Morgan fingerprint density at radius 2 is 1.86 bits per heavy atom. The molecule has 0 N–H and O–H groups in total. The van der Waals surface area contributed by atoms with Crippen LogP contribution in [-0.4, -0.2) is 14.5 Å². The molecule has 0 bridgehead atoms. The lowest BCUT2D eigenvalue weighted by atomic mass is 10.2. The van der Waals surface area contributed by atoms with Gasteiger partial charge in [-0.1, -0.05) is 0 Å². The summed E-state index contributed by atoms with van der Waals surface area (Å²) >= 11 is 0. The van der Waals surface area contributed by atoms with Gasteiger partial charge in [-0.25, -0.2) is 18.7 Å². The van der Waals surface area contributed by atoms with E-state index in [9.17, 15) is 8.78 Å². The number of aryl methyl sites for hydroxylation is 2. The lowest BCUT2D eigenvalue weighted by molar-refractivity contribution is 0.534. The zero-order valence-electron chi connectivity index (χ0n) is 11.6. The predicted octanol–water partition coefficient (Wildman–Crippen LogP) is 3.48. The fraction of sp³-hybridized carbons (Fsp3) is 0.200. The first-order chi connectivity index (χ1) is 10.0. The van der Waals surface area contributed by atoms with Crippen molar-refractivity contribution in [2.75, 3.05) is 0 Å². The Kier molecular flexibility index (Phi) is 3.29. The third kappa shape index (κ3) is 2.84. The Morgan fingerprint density at radius 3 is 2.48 bits per heavy atom. The van der Waals surface area contributed by atoms with Crippen molar-refractivity contribution in [2.24, 2.45) is 0 Å². The summed E-state index contributed by atoms with van der Waals surface area (Å²) in [6, 6.07) is 3.20. The van der Waals surface area contributed by atoms with E-state index in [4.69, 9.17) is 4.42 Å². The molecule has 0 aliphatic carbocycles.